The molecule has 9 heteroatoms. The summed E-state index contributed by atoms with van der Waals surface area (Å²) in [5, 5.41) is 4.15. The van der Waals surface area contributed by atoms with Crippen molar-refractivity contribution in [1.82, 2.24) is 19.9 Å². The molecular formula is C29H40N4O4Si. The number of likely N-dealkylation sites (N-methyl/N-ethyl adjacent to an activating group) is 1. The molecule has 1 saturated heterocycles. The van der Waals surface area contributed by atoms with Crippen LogP contribution in [0.4, 0.5) is 4.79 Å². The van der Waals surface area contributed by atoms with Gasteiger partial charge in [-0.1, -0.05) is 74.5 Å². The van der Waals surface area contributed by atoms with Crippen molar-refractivity contribution >= 4 is 14.4 Å². The average Bonchev–Trinajstić information content (AvgIpc) is 3.58. The first kappa shape index (κ1) is 28.0. The Balaban J connectivity index is 1.50. The number of hydrogen-bond acceptors (Lipinski definition) is 7. The van der Waals surface area contributed by atoms with E-state index in [1.165, 1.54) is 6.39 Å². The Kier molecular flexibility index (Phi) is 8.70. The second-order valence-electron chi connectivity index (χ2n) is 11.6. The lowest BCUT2D eigenvalue weighted by atomic mass is 10.0. The SMILES string of the molecule is CN(C(=O)OCc1ccccc1)[C@H](CN1CC[C@H](O[Si](C)(C)C(C)(C)C)C1)c1cccc(-c2ncon2)c1. The molecule has 1 fully saturated rings. The van der Waals surface area contributed by atoms with Crippen LogP contribution in [0.1, 0.15) is 44.4 Å². The normalized spacial score (nSPS) is 17.4. The van der Waals surface area contributed by atoms with Crippen LogP contribution in [0.5, 0.6) is 0 Å². The monoisotopic (exact) mass is 536 g/mol. The first-order valence-corrected chi connectivity index (χ1v) is 16.1. The standard InChI is InChI=1S/C29H40N4O4Si/c1-29(2,3)38(5,6)37-25-15-16-33(18-25)19-26(23-13-10-14-24(17-23)27-30-21-36-31-27)32(4)28(34)35-20-22-11-8-7-9-12-22/h7-14,17,21,25-26H,15-16,18-20H2,1-6H3/t25-,26+/m0/s1. The maximum absolute atomic E-state index is 13.2. The second-order valence-corrected chi connectivity index (χ2v) is 16.4. The number of amides is 1. The van der Waals surface area contributed by atoms with E-state index in [9.17, 15) is 4.79 Å². The van der Waals surface area contributed by atoms with Crippen molar-refractivity contribution in [2.24, 2.45) is 0 Å². The molecule has 0 radical (unpaired) electrons. The van der Waals surface area contributed by atoms with Crippen molar-refractivity contribution in [3.63, 3.8) is 0 Å². The summed E-state index contributed by atoms with van der Waals surface area (Å²) in [6, 6.07) is 17.5. The number of rotatable bonds is 9. The van der Waals surface area contributed by atoms with Gasteiger partial charge in [-0.2, -0.15) is 4.98 Å². The van der Waals surface area contributed by atoms with E-state index in [0.717, 1.165) is 36.2 Å². The molecule has 0 N–H and O–H groups in total. The fraction of sp³-hybridized carbons (Fsp3) is 0.483. The van der Waals surface area contributed by atoms with Crippen molar-refractivity contribution in [2.75, 3.05) is 26.7 Å². The zero-order valence-electron chi connectivity index (χ0n) is 23.4. The zero-order chi connectivity index (χ0) is 27.3. The molecule has 2 atom stereocenters. The molecule has 1 aromatic heterocycles. The molecule has 4 rings (SSSR count). The summed E-state index contributed by atoms with van der Waals surface area (Å²) in [7, 11) is -0.0541. The van der Waals surface area contributed by atoms with Crippen LogP contribution < -0.4 is 0 Å². The largest absolute Gasteiger partial charge is 0.445 e. The molecule has 0 bridgehead atoms. The van der Waals surface area contributed by atoms with Gasteiger partial charge >= 0.3 is 6.09 Å². The van der Waals surface area contributed by atoms with E-state index in [2.05, 4.69) is 48.9 Å². The van der Waals surface area contributed by atoms with Gasteiger partial charge in [0.15, 0.2) is 8.32 Å². The van der Waals surface area contributed by atoms with Gasteiger partial charge in [0, 0.05) is 32.2 Å². The van der Waals surface area contributed by atoms with E-state index in [0.29, 0.717) is 12.4 Å². The highest BCUT2D eigenvalue weighted by Gasteiger charge is 2.41. The molecule has 3 aromatic rings. The van der Waals surface area contributed by atoms with Gasteiger partial charge in [0.1, 0.15) is 6.61 Å². The Hall–Kier alpha value is -3.01. The molecule has 2 heterocycles. The lowest BCUT2D eigenvalue weighted by molar-refractivity contribution is 0.0819. The molecule has 1 aliphatic rings. The highest BCUT2D eigenvalue weighted by Crippen LogP contribution is 2.38. The minimum atomic E-state index is -1.86. The summed E-state index contributed by atoms with van der Waals surface area (Å²) in [6.07, 6.45) is 2.15. The van der Waals surface area contributed by atoms with Gasteiger partial charge in [0.25, 0.3) is 0 Å². The van der Waals surface area contributed by atoms with Crippen molar-refractivity contribution in [3.8, 4) is 11.4 Å². The topological polar surface area (TPSA) is 80.9 Å². The van der Waals surface area contributed by atoms with Crippen LogP contribution in [0.15, 0.2) is 65.5 Å². The quantitative estimate of drug-likeness (QED) is 0.304. The Morgan fingerprint density at radius 2 is 1.95 bits per heavy atom. The third kappa shape index (κ3) is 6.89. The third-order valence-corrected chi connectivity index (χ3v) is 12.3. The molecule has 204 valence electrons. The number of likely N-dealkylation sites (tertiary alicyclic amines) is 1. The van der Waals surface area contributed by atoms with Crippen molar-refractivity contribution in [3.05, 3.63) is 72.1 Å². The Morgan fingerprint density at radius 1 is 1.18 bits per heavy atom. The van der Waals surface area contributed by atoms with Crippen LogP contribution in [-0.2, 0) is 15.8 Å². The number of nitrogens with zero attached hydrogens (tertiary/aromatic N) is 4. The van der Waals surface area contributed by atoms with Crippen LogP contribution in [-0.4, -0.2) is 67.1 Å². The summed E-state index contributed by atoms with van der Waals surface area (Å²) in [6.45, 7) is 14.1. The smallest absolute Gasteiger partial charge is 0.410 e. The first-order chi connectivity index (χ1) is 18.0. The summed E-state index contributed by atoms with van der Waals surface area (Å²) in [5.41, 5.74) is 2.78. The van der Waals surface area contributed by atoms with Crippen molar-refractivity contribution in [2.45, 2.75) is 64.1 Å². The molecule has 0 aliphatic carbocycles. The highest BCUT2D eigenvalue weighted by atomic mass is 28.4. The lowest BCUT2D eigenvalue weighted by Crippen LogP contribution is -2.45. The highest BCUT2D eigenvalue weighted by molar-refractivity contribution is 6.74. The molecule has 2 aromatic carbocycles. The van der Waals surface area contributed by atoms with Crippen molar-refractivity contribution < 1.29 is 18.5 Å². The van der Waals surface area contributed by atoms with E-state index in [1.54, 1.807) is 11.9 Å². The fourth-order valence-corrected chi connectivity index (χ4v) is 5.86. The van der Waals surface area contributed by atoms with E-state index in [-0.39, 0.29) is 29.9 Å². The molecule has 0 unspecified atom stereocenters. The maximum atomic E-state index is 13.2. The number of aromatic nitrogens is 2. The number of hydrogen-bond donors (Lipinski definition) is 0. The van der Waals surface area contributed by atoms with Gasteiger partial charge in [-0.3, -0.25) is 4.90 Å². The number of carbonyl (C=O) groups is 1. The van der Waals surface area contributed by atoms with Crippen LogP contribution in [0.25, 0.3) is 11.4 Å². The lowest BCUT2D eigenvalue weighted by Gasteiger charge is -2.38. The van der Waals surface area contributed by atoms with E-state index in [4.69, 9.17) is 13.7 Å². The first-order valence-electron chi connectivity index (χ1n) is 13.2. The Bertz CT molecular complexity index is 1180. The molecule has 0 saturated carbocycles. The van der Waals surface area contributed by atoms with E-state index < -0.39 is 8.32 Å². The summed E-state index contributed by atoms with van der Waals surface area (Å²) in [4.78, 5) is 21.5. The van der Waals surface area contributed by atoms with E-state index in [1.807, 2.05) is 54.6 Å². The van der Waals surface area contributed by atoms with Crippen LogP contribution >= 0.6 is 0 Å². The molecule has 0 spiro atoms. The van der Waals surface area contributed by atoms with Gasteiger partial charge in [0.05, 0.1) is 12.1 Å². The predicted octanol–water partition coefficient (Wildman–Crippen LogP) is 6.14. The number of ether oxygens (including phenoxy) is 1. The minimum absolute atomic E-state index is 0.168. The van der Waals surface area contributed by atoms with Gasteiger partial charge < -0.3 is 18.6 Å². The van der Waals surface area contributed by atoms with Crippen LogP contribution in [0.2, 0.25) is 18.1 Å². The second kappa shape index (κ2) is 11.8. The molecule has 38 heavy (non-hydrogen) atoms. The maximum Gasteiger partial charge on any atom is 0.410 e. The summed E-state index contributed by atoms with van der Waals surface area (Å²) >= 11 is 0. The van der Waals surface area contributed by atoms with Gasteiger partial charge in [-0.05, 0) is 41.7 Å². The summed E-state index contributed by atoms with van der Waals surface area (Å²) in [5.74, 6) is 0.518. The van der Waals surface area contributed by atoms with Gasteiger partial charge in [0.2, 0.25) is 12.2 Å². The van der Waals surface area contributed by atoms with E-state index >= 15 is 0 Å². The third-order valence-electron chi connectivity index (χ3n) is 7.78. The Morgan fingerprint density at radius 3 is 2.63 bits per heavy atom. The Labute approximate surface area is 227 Å². The molecular weight excluding hydrogens is 496 g/mol. The van der Waals surface area contributed by atoms with Crippen LogP contribution in [0, 0.1) is 0 Å². The predicted molar refractivity (Wildman–Crippen MR) is 150 cm³/mol. The number of benzene rings is 2. The zero-order valence-corrected chi connectivity index (χ0v) is 24.4. The fourth-order valence-electron chi connectivity index (χ4n) is 4.48. The molecule has 1 amide bonds. The average molecular weight is 537 g/mol. The number of carbonyl (C=O) groups excluding carboxylic acids is 1. The molecule has 1 aliphatic heterocycles. The summed E-state index contributed by atoms with van der Waals surface area (Å²) < 4.78 is 17.4. The minimum Gasteiger partial charge on any atom is -0.445 e. The van der Waals surface area contributed by atoms with Crippen molar-refractivity contribution in [1.29, 1.82) is 0 Å². The van der Waals surface area contributed by atoms with Gasteiger partial charge in [-0.25, -0.2) is 4.79 Å². The van der Waals surface area contributed by atoms with Crippen LogP contribution in [0.3, 0.4) is 0 Å². The molecule has 8 nitrogen and oxygen atoms in total. The van der Waals surface area contributed by atoms with Gasteiger partial charge in [-0.15, -0.1) is 0 Å².